The summed E-state index contributed by atoms with van der Waals surface area (Å²) in [5.74, 6) is -0.886. The fraction of sp³-hybridized carbons (Fsp3) is 0.600. The zero-order chi connectivity index (χ0) is 14.8. The second-order valence-electron chi connectivity index (χ2n) is 4.79. The molecular weight excluding hydrogens is 257 g/mol. The van der Waals surface area contributed by atoms with Crippen molar-refractivity contribution in [2.75, 3.05) is 18.9 Å². The van der Waals surface area contributed by atoms with Crippen LogP contribution in [-0.2, 0) is 0 Å². The highest BCUT2D eigenvalue weighted by atomic mass is 19.1. The van der Waals surface area contributed by atoms with Gasteiger partial charge in [0.25, 0.3) is 5.91 Å². The standard InChI is InChI=1S/C15H24FN3O/c1-3-4-5-6-7-8-10-19-15(20)12-9-11-18-14(17-2)13(12)16/h9,11H,3-8,10H2,1-2H3,(H,17,18)(H,19,20). The first kappa shape index (κ1) is 16.4. The van der Waals surface area contributed by atoms with E-state index in [9.17, 15) is 9.18 Å². The predicted molar refractivity (Wildman–Crippen MR) is 79.5 cm³/mol. The summed E-state index contributed by atoms with van der Waals surface area (Å²) in [5, 5.41) is 5.37. The van der Waals surface area contributed by atoms with E-state index in [1.807, 2.05) is 0 Å². The smallest absolute Gasteiger partial charge is 0.254 e. The molecule has 0 spiro atoms. The lowest BCUT2D eigenvalue weighted by molar-refractivity contribution is 0.0949. The zero-order valence-electron chi connectivity index (χ0n) is 12.3. The molecule has 0 saturated carbocycles. The molecule has 0 saturated heterocycles. The van der Waals surface area contributed by atoms with E-state index in [2.05, 4.69) is 22.5 Å². The fourth-order valence-electron chi connectivity index (χ4n) is 2.00. The Morgan fingerprint density at radius 3 is 2.65 bits per heavy atom. The Bertz CT molecular complexity index is 424. The van der Waals surface area contributed by atoms with E-state index in [0.717, 1.165) is 12.8 Å². The summed E-state index contributed by atoms with van der Waals surface area (Å²) in [5.41, 5.74) is 0.0373. The second-order valence-corrected chi connectivity index (χ2v) is 4.79. The maximum atomic E-state index is 13.9. The van der Waals surface area contributed by atoms with Gasteiger partial charge in [0.2, 0.25) is 0 Å². The molecule has 112 valence electrons. The predicted octanol–water partition coefficient (Wildman–Crippen LogP) is 3.35. The first-order valence-electron chi connectivity index (χ1n) is 7.31. The molecule has 0 radical (unpaired) electrons. The van der Waals surface area contributed by atoms with Crippen LogP contribution in [-0.4, -0.2) is 24.5 Å². The maximum Gasteiger partial charge on any atom is 0.254 e. The summed E-state index contributed by atoms with van der Waals surface area (Å²) >= 11 is 0. The highest BCUT2D eigenvalue weighted by Crippen LogP contribution is 2.14. The average Bonchev–Trinajstić information content (AvgIpc) is 2.46. The number of amides is 1. The van der Waals surface area contributed by atoms with Gasteiger partial charge in [0, 0.05) is 19.8 Å². The quantitative estimate of drug-likeness (QED) is 0.682. The number of nitrogens with zero attached hydrogens (tertiary/aromatic N) is 1. The number of pyridine rings is 1. The van der Waals surface area contributed by atoms with Gasteiger partial charge >= 0.3 is 0 Å². The van der Waals surface area contributed by atoms with Crippen molar-refractivity contribution in [1.82, 2.24) is 10.3 Å². The van der Waals surface area contributed by atoms with Crippen LogP contribution in [0, 0.1) is 5.82 Å². The molecule has 0 bridgehead atoms. The molecule has 1 heterocycles. The van der Waals surface area contributed by atoms with Crippen LogP contribution in [0.15, 0.2) is 12.3 Å². The van der Waals surface area contributed by atoms with Gasteiger partial charge in [-0.25, -0.2) is 9.37 Å². The topological polar surface area (TPSA) is 54.0 Å². The Kier molecular flexibility index (Phi) is 7.62. The molecule has 1 amide bonds. The largest absolute Gasteiger partial charge is 0.371 e. The van der Waals surface area contributed by atoms with Gasteiger partial charge in [0.15, 0.2) is 11.6 Å². The molecule has 1 aromatic rings. The number of anilines is 1. The highest BCUT2D eigenvalue weighted by Gasteiger charge is 2.14. The molecule has 0 aromatic carbocycles. The first-order chi connectivity index (χ1) is 9.70. The summed E-state index contributed by atoms with van der Waals surface area (Å²) < 4.78 is 13.9. The van der Waals surface area contributed by atoms with Crippen LogP contribution in [0.4, 0.5) is 10.2 Å². The third-order valence-electron chi connectivity index (χ3n) is 3.19. The Hall–Kier alpha value is -1.65. The van der Waals surface area contributed by atoms with Crippen molar-refractivity contribution in [3.05, 3.63) is 23.6 Å². The Labute approximate surface area is 120 Å². The number of carbonyl (C=O) groups is 1. The van der Waals surface area contributed by atoms with Gasteiger partial charge in [-0.1, -0.05) is 39.0 Å². The number of hydrogen-bond donors (Lipinski definition) is 2. The monoisotopic (exact) mass is 281 g/mol. The zero-order valence-corrected chi connectivity index (χ0v) is 12.3. The number of nitrogens with one attached hydrogen (secondary N) is 2. The summed E-state index contributed by atoms with van der Waals surface area (Å²) in [6.45, 7) is 2.77. The van der Waals surface area contributed by atoms with Crippen LogP contribution in [0.3, 0.4) is 0 Å². The Morgan fingerprint density at radius 2 is 1.95 bits per heavy atom. The van der Waals surface area contributed by atoms with Crippen molar-refractivity contribution in [3.8, 4) is 0 Å². The van der Waals surface area contributed by atoms with Crippen LogP contribution >= 0.6 is 0 Å². The van der Waals surface area contributed by atoms with Gasteiger partial charge in [-0.2, -0.15) is 0 Å². The number of halogens is 1. The highest BCUT2D eigenvalue weighted by molar-refractivity contribution is 5.95. The van der Waals surface area contributed by atoms with Crippen LogP contribution in [0.25, 0.3) is 0 Å². The molecule has 0 atom stereocenters. The molecule has 0 aliphatic heterocycles. The minimum absolute atomic E-state index is 0.0373. The van der Waals surface area contributed by atoms with E-state index in [-0.39, 0.29) is 17.3 Å². The lowest BCUT2D eigenvalue weighted by atomic mass is 10.1. The molecule has 4 nitrogen and oxygen atoms in total. The second kappa shape index (κ2) is 9.28. The van der Waals surface area contributed by atoms with Crippen molar-refractivity contribution in [2.24, 2.45) is 0 Å². The van der Waals surface area contributed by atoms with Gasteiger partial charge in [0.1, 0.15) is 0 Å². The summed E-state index contributed by atoms with van der Waals surface area (Å²) in [6.07, 6.45) is 8.38. The Balaban J connectivity index is 2.33. The minimum Gasteiger partial charge on any atom is -0.371 e. The minimum atomic E-state index is -0.601. The van der Waals surface area contributed by atoms with Crippen molar-refractivity contribution in [3.63, 3.8) is 0 Å². The van der Waals surface area contributed by atoms with Crippen molar-refractivity contribution in [2.45, 2.75) is 45.4 Å². The number of hydrogen-bond acceptors (Lipinski definition) is 3. The molecule has 0 unspecified atom stereocenters. The first-order valence-corrected chi connectivity index (χ1v) is 7.31. The van der Waals surface area contributed by atoms with Gasteiger partial charge in [-0.15, -0.1) is 0 Å². The van der Waals surface area contributed by atoms with E-state index in [4.69, 9.17) is 0 Å². The van der Waals surface area contributed by atoms with Gasteiger partial charge < -0.3 is 10.6 Å². The van der Waals surface area contributed by atoms with Crippen LogP contribution in [0.1, 0.15) is 55.8 Å². The normalized spacial score (nSPS) is 10.3. The molecule has 5 heteroatoms. The number of aromatic nitrogens is 1. The van der Waals surface area contributed by atoms with Crippen LogP contribution in [0.5, 0.6) is 0 Å². The molecular formula is C15H24FN3O. The average molecular weight is 281 g/mol. The van der Waals surface area contributed by atoms with E-state index >= 15 is 0 Å². The summed E-state index contributed by atoms with van der Waals surface area (Å²) in [4.78, 5) is 15.7. The van der Waals surface area contributed by atoms with E-state index < -0.39 is 5.82 Å². The van der Waals surface area contributed by atoms with Crippen LogP contribution < -0.4 is 10.6 Å². The lowest BCUT2D eigenvalue weighted by Crippen LogP contribution is -2.25. The van der Waals surface area contributed by atoms with E-state index in [1.54, 1.807) is 7.05 Å². The molecule has 2 N–H and O–H groups in total. The third kappa shape index (κ3) is 5.15. The molecule has 0 fully saturated rings. The third-order valence-corrected chi connectivity index (χ3v) is 3.19. The SMILES string of the molecule is CCCCCCCCNC(=O)c1ccnc(NC)c1F. The van der Waals surface area contributed by atoms with E-state index in [1.165, 1.54) is 37.9 Å². The maximum absolute atomic E-state index is 13.9. The number of carbonyl (C=O) groups excluding carboxylic acids is 1. The summed E-state index contributed by atoms with van der Waals surface area (Å²) in [6, 6.07) is 1.40. The van der Waals surface area contributed by atoms with Crippen molar-refractivity contribution < 1.29 is 9.18 Å². The number of unbranched alkanes of at least 4 members (excludes halogenated alkanes) is 5. The summed E-state index contributed by atoms with van der Waals surface area (Å²) in [7, 11) is 1.57. The Morgan fingerprint density at radius 1 is 1.25 bits per heavy atom. The van der Waals surface area contributed by atoms with Crippen molar-refractivity contribution in [1.29, 1.82) is 0 Å². The molecule has 0 aliphatic carbocycles. The van der Waals surface area contributed by atoms with Crippen LogP contribution in [0.2, 0.25) is 0 Å². The lowest BCUT2D eigenvalue weighted by Gasteiger charge is -2.08. The van der Waals surface area contributed by atoms with Crippen molar-refractivity contribution >= 4 is 11.7 Å². The molecule has 1 aromatic heterocycles. The molecule has 1 rings (SSSR count). The van der Waals surface area contributed by atoms with Gasteiger partial charge in [-0.3, -0.25) is 4.79 Å². The van der Waals surface area contributed by atoms with E-state index in [0.29, 0.717) is 6.54 Å². The fourth-order valence-corrected chi connectivity index (χ4v) is 2.00. The number of rotatable bonds is 9. The molecule has 20 heavy (non-hydrogen) atoms. The van der Waals surface area contributed by atoms with Gasteiger partial charge in [-0.05, 0) is 12.5 Å². The van der Waals surface area contributed by atoms with Gasteiger partial charge in [0.05, 0.1) is 5.56 Å². The molecule has 0 aliphatic rings.